The summed E-state index contributed by atoms with van der Waals surface area (Å²) in [6.45, 7) is 6.38. The maximum Gasteiger partial charge on any atom is 0.266 e. The van der Waals surface area contributed by atoms with Crippen LogP contribution in [0.1, 0.15) is 32.4 Å². The van der Waals surface area contributed by atoms with Gasteiger partial charge in [0.05, 0.1) is 12.2 Å². The summed E-state index contributed by atoms with van der Waals surface area (Å²) in [5.41, 5.74) is 2.98. The molecule has 0 atom stereocenters. The van der Waals surface area contributed by atoms with Crippen molar-refractivity contribution >= 4 is 27.5 Å². The summed E-state index contributed by atoms with van der Waals surface area (Å²) < 4.78 is 7.63. The van der Waals surface area contributed by atoms with Crippen LogP contribution in [0, 0.1) is 20.8 Å². The molecule has 0 unspecified atom stereocenters. The molecular weight excluding hydrogens is 358 g/mol. The van der Waals surface area contributed by atoms with E-state index in [0.29, 0.717) is 11.4 Å². The molecule has 0 aliphatic heterocycles. The van der Waals surface area contributed by atoms with E-state index in [9.17, 15) is 4.79 Å². The Hall–Kier alpha value is -2.86. The van der Waals surface area contributed by atoms with E-state index in [-0.39, 0.29) is 5.91 Å². The molecule has 27 heavy (non-hydrogen) atoms. The fraction of sp³-hybridized carbons (Fsp3) is 0.238. The highest BCUT2D eigenvalue weighted by molar-refractivity contribution is 7.21. The number of rotatable bonds is 4. The van der Waals surface area contributed by atoms with Crippen molar-refractivity contribution < 1.29 is 9.21 Å². The monoisotopic (exact) mass is 379 g/mol. The number of nitrogens with zero attached hydrogens (tertiary/aromatic N) is 3. The first-order valence-corrected chi connectivity index (χ1v) is 9.60. The van der Waals surface area contributed by atoms with E-state index in [2.05, 4.69) is 18.0 Å². The van der Waals surface area contributed by atoms with E-state index in [4.69, 9.17) is 4.42 Å². The Kier molecular flexibility index (Phi) is 4.36. The molecule has 1 amide bonds. The number of fused-ring (bicyclic) bond motifs is 1. The normalized spacial score (nSPS) is 11.3. The molecule has 0 fully saturated rings. The van der Waals surface area contributed by atoms with Gasteiger partial charge in [0, 0.05) is 30.5 Å². The molecule has 0 aliphatic carbocycles. The first kappa shape index (κ1) is 17.5. The van der Waals surface area contributed by atoms with Crippen LogP contribution < -0.4 is 0 Å². The molecule has 4 rings (SSSR count). The molecule has 0 saturated carbocycles. The van der Waals surface area contributed by atoms with Crippen LogP contribution in [0.4, 0.5) is 0 Å². The van der Waals surface area contributed by atoms with Crippen LogP contribution in [0.2, 0.25) is 0 Å². The molecule has 4 heterocycles. The largest absolute Gasteiger partial charge is 0.464 e. The molecule has 0 spiro atoms. The van der Waals surface area contributed by atoms with Gasteiger partial charge in [-0.2, -0.15) is 0 Å². The SMILES string of the molecule is Cc1cc(C)c2c(-n3cccc3)c(C(=O)N(C)Cc3ccc(C)o3)sc2n1. The van der Waals surface area contributed by atoms with Crippen molar-refractivity contribution in [2.45, 2.75) is 27.3 Å². The van der Waals surface area contributed by atoms with Gasteiger partial charge in [-0.25, -0.2) is 4.98 Å². The van der Waals surface area contributed by atoms with Crippen LogP contribution in [0.25, 0.3) is 15.9 Å². The lowest BCUT2D eigenvalue weighted by Gasteiger charge is -2.16. The zero-order valence-electron chi connectivity index (χ0n) is 15.8. The summed E-state index contributed by atoms with van der Waals surface area (Å²) in [7, 11) is 1.80. The first-order chi connectivity index (χ1) is 12.9. The van der Waals surface area contributed by atoms with E-state index in [1.54, 1.807) is 11.9 Å². The zero-order chi connectivity index (χ0) is 19.1. The average Bonchev–Trinajstić information content (AvgIpc) is 3.33. The average molecular weight is 379 g/mol. The van der Waals surface area contributed by atoms with Gasteiger partial charge in [0.15, 0.2) is 0 Å². The molecule has 0 radical (unpaired) electrons. The van der Waals surface area contributed by atoms with E-state index in [1.807, 2.05) is 55.1 Å². The summed E-state index contributed by atoms with van der Waals surface area (Å²) in [6.07, 6.45) is 3.93. The lowest BCUT2D eigenvalue weighted by atomic mass is 10.1. The van der Waals surface area contributed by atoms with Gasteiger partial charge in [-0.3, -0.25) is 4.79 Å². The highest BCUT2D eigenvalue weighted by Gasteiger charge is 2.25. The van der Waals surface area contributed by atoms with Crippen LogP contribution in [0.5, 0.6) is 0 Å². The van der Waals surface area contributed by atoms with Gasteiger partial charge in [0.2, 0.25) is 0 Å². The van der Waals surface area contributed by atoms with Crippen molar-refractivity contribution in [3.63, 3.8) is 0 Å². The summed E-state index contributed by atoms with van der Waals surface area (Å²) in [5.74, 6) is 1.58. The van der Waals surface area contributed by atoms with Crippen molar-refractivity contribution in [3.8, 4) is 5.69 Å². The lowest BCUT2D eigenvalue weighted by molar-refractivity contribution is 0.0780. The summed E-state index contributed by atoms with van der Waals surface area (Å²) >= 11 is 1.45. The number of pyridine rings is 1. The number of carbonyl (C=O) groups excluding carboxylic acids is 1. The number of furan rings is 1. The van der Waals surface area contributed by atoms with Crippen LogP contribution in [-0.4, -0.2) is 27.4 Å². The number of hydrogen-bond donors (Lipinski definition) is 0. The van der Waals surface area contributed by atoms with Gasteiger partial charge in [0.1, 0.15) is 21.2 Å². The molecule has 0 N–H and O–H groups in total. The van der Waals surface area contributed by atoms with Crippen molar-refractivity contribution in [3.05, 3.63) is 70.4 Å². The molecule has 4 aromatic rings. The molecule has 4 aromatic heterocycles. The zero-order valence-corrected chi connectivity index (χ0v) is 16.6. The predicted octanol–water partition coefficient (Wildman–Crippen LogP) is 4.88. The first-order valence-electron chi connectivity index (χ1n) is 8.79. The van der Waals surface area contributed by atoms with Gasteiger partial charge in [-0.15, -0.1) is 11.3 Å². The van der Waals surface area contributed by atoms with Crippen LogP contribution in [0.3, 0.4) is 0 Å². The molecule has 0 aromatic carbocycles. The number of hydrogen-bond acceptors (Lipinski definition) is 4. The predicted molar refractivity (Wildman–Crippen MR) is 108 cm³/mol. The van der Waals surface area contributed by atoms with Crippen molar-refractivity contribution in [2.75, 3.05) is 7.05 Å². The minimum atomic E-state index is -0.0344. The number of thiophene rings is 1. The maximum absolute atomic E-state index is 13.3. The number of amides is 1. The molecule has 138 valence electrons. The standard InChI is InChI=1S/C21H21N3O2S/c1-13-11-14(2)22-20-17(13)18(24-9-5-6-10-24)19(27-20)21(25)23(4)12-16-8-7-15(3)26-16/h5-11H,12H2,1-4H3. The summed E-state index contributed by atoms with van der Waals surface area (Å²) in [6, 6.07) is 9.81. The number of aromatic nitrogens is 2. The minimum Gasteiger partial charge on any atom is -0.464 e. The summed E-state index contributed by atoms with van der Waals surface area (Å²) in [5, 5.41) is 1.03. The highest BCUT2D eigenvalue weighted by atomic mass is 32.1. The quantitative estimate of drug-likeness (QED) is 0.508. The Morgan fingerprint density at radius 3 is 2.63 bits per heavy atom. The van der Waals surface area contributed by atoms with E-state index in [0.717, 1.165) is 38.7 Å². The second-order valence-electron chi connectivity index (χ2n) is 6.80. The summed E-state index contributed by atoms with van der Waals surface area (Å²) in [4.78, 5) is 21.2. The Bertz CT molecular complexity index is 1120. The molecule has 0 saturated heterocycles. The van der Waals surface area contributed by atoms with E-state index < -0.39 is 0 Å². The third-order valence-electron chi connectivity index (χ3n) is 4.55. The lowest BCUT2D eigenvalue weighted by Crippen LogP contribution is -2.26. The number of carbonyl (C=O) groups is 1. The van der Waals surface area contributed by atoms with Gasteiger partial charge < -0.3 is 13.9 Å². The molecule has 5 nitrogen and oxygen atoms in total. The van der Waals surface area contributed by atoms with Gasteiger partial charge in [-0.05, 0) is 56.7 Å². The van der Waals surface area contributed by atoms with Crippen molar-refractivity contribution in [2.24, 2.45) is 0 Å². The fourth-order valence-electron chi connectivity index (χ4n) is 3.35. The smallest absolute Gasteiger partial charge is 0.266 e. The van der Waals surface area contributed by atoms with Crippen LogP contribution in [0.15, 0.2) is 47.1 Å². The Labute approximate surface area is 161 Å². The van der Waals surface area contributed by atoms with Crippen molar-refractivity contribution in [1.29, 1.82) is 0 Å². The number of aryl methyl sites for hydroxylation is 3. The second-order valence-corrected chi connectivity index (χ2v) is 7.80. The third-order valence-corrected chi connectivity index (χ3v) is 5.62. The second kappa shape index (κ2) is 6.70. The Morgan fingerprint density at radius 1 is 1.22 bits per heavy atom. The van der Waals surface area contributed by atoms with Gasteiger partial charge >= 0.3 is 0 Å². The maximum atomic E-state index is 13.3. The van der Waals surface area contributed by atoms with Gasteiger partial charge in [-0.1, -0.05) is 0 Å². The molecular formula is C21H21N3O2S. The fourth-order valence-corrected chi connectivity index (χ4v) is 4.64. The van der Waals surface area contributed by atoms with E-state index >= 15 is 0 Å². The highest BCUT2D eigenvalue weighted by Crippen LogP contribution is 2.36. The Balaban J connectivity index is 1.81. The molecule has 0 aliphatic rings. The molecule has 0 bridgehead atoms. The van der Waals surface area contributed by atoms with E-state index in [1.165, 1.54) is 11.3 Å². The Morgan fingerprint density at radius 2 is 1.96 bits per heavy atom. The van der Waals surface area contributed by atoms with Crippen LogP contribution in [-0.2, 0) is 6.54 Å². The van der Waals surface area contributed by atoms with Gasteiger partial charge in [0.25, 0.3) is 5.91 Å². The third kappa shape index (κ3) is 3.17. The minimum absolute atomic E-state index is 0.0344. The van der Waals surface area contributed by atoms with Crippen LogP contribution >= 0.6 is 11.3 Å². The topological polar surface area (TPSA) is 51.3 Å². The molecule has 6 heteroatoms. The van der Waals surface area contributed by atoms with Crippen molar-refractivity contribution in [1.82, 2.24) is 14.5 Å².